The predicted octanol–water partition coefficient (Wildman–Crippen LogP) is 3.69. The van der Waals surface area contributed by atoms with Crippen LogP contribution in [0.1, 0.15) is 12.5 Å². The lowest BCUT2D eigenvalue weighted by Crippen LogP contribution is -2.15. The number of carbonyl (C=O) groups is 1. The molecule has 2 rings (SSSR count). The largest absolute Gasteiger partial charge is 0.492 e. The lowest BCUT2D eigenvalue weighted by molar-refractivity contribution is -0.111. The van der Waals surface area contributed by atoms with E-state index in [0.29, 0.717) is 15.6 Å². The van der Waals surface area contributed by atoms with Gasteiger partial charge in [-0.2, -0.15) is 0 Å². The van der Waals surface area contributed by atoms with Crippen molar-refractivity contribution in [2.24, 2.45) is 5.14 Å². The minimum Gasteiger partial charge on any atom is -0.492 e. The van der Waals surface area contributed by atoms with E-state index in [0.717, 1.165) is 0 Å². The first-order chi connectivity index (χ1) is 12.2. The molecule has 0 bridgehead atoms. The summed E-state index contributed by atoms with van der Waals surface area (Å²) in [6.45, 7) is 1.99. The number of rotatable bonds is 6. The van der Waals surface area contributed by atoms with Crippen LogP contribution in [-0.2, 0) is 14.8 Å². The molecule has 138 valence electrons. The van der Waals surface area contributed by atoms with Crippen LogP contribution in [0.25, 0.3) is 6.08 Å². The van der Waals surface area contributed by atoms with Crippen molar-refractivity contribution in [3.05, 3.63) is 58.1 Å². The van der Waals surface area contributed by atoms with Crippen LogP contribution in [0.4, 0.5) is 5.69 Å². The van der Waals surface area contributed by atoms with Crippen molar-refractivity contribution in [2.45, 2.75) is 11.8 Å². The van der Waals surface area contributed by atoms with Crippen LogP contribution in [0.15, 0.2) is 47.4 Å². The van der Waals surface area contributed by atoms with E-state index in [2.05, 4.69) is 5.32 Å². The lowest BCUT2D eigenvalue weighted by atomic mass is 10.2. The zero-order valence-corrected chi connectivity index (χ0v) is 16.0. The number of benzene rings is 2. The Morgan fingerprint density at radius 2 is 1.96 bits per heavy atom. The molecule has 0 radical (unpaired) electrons. The Labute approximate surface area is 161 Å². The molecule has 0 aliphatic rings. The van der Waals surface area contributed by atoms with Crippen LogP contribution in [0.5, 0.6) is 5.75 Å². The topological polar surface area (TPSA) is 98.5 Å². The van der Waals surface area contributed by atoms with Crippen molar-refractivity contribution in [1.82, 2.24) is 0 Å². The standard InChI is InChI=1S/C17H16Cl2N2O4S/c1-2-25-15-7-5-13(10-16(15)26(20,23)24)21-17(22)8-3-11-9-12(18)4-6-14(11)19/h3-10H,2H2,1H3,(H,21,22)(H2,20,23,24)/b8-3+. The second-order valence-corrected chi connectivity index (χ2v) is 7.50. The van der Waals surface area contributed by atoms with E-state index in [1.54, 1.807) is 25.1 Å². The maximum absolute atomic E-state index is 12.1. The summed E-state index contributed by atoms with van der Waals surface area (Å²) < 4.78 is 28.6. The van der Waals surface area contributed by atoms with E-state index < -0.39 is 15.9 Å². The normalized spacial score (nSPS) is 11.5. The molecule has 0 aromatic heterocycles. The molecule has 3 N–H and O–H groups in total. The van der Waals surface area contributed by atoms with Gasteiger partial charge in [-0.25, -0.2) is 13.6 Å². The monoisotopic (exact) mass is 414 g/mol. The molecule has 0 aliphatic carbocycles. The molecule has 0 unspecified atom stereocenters. The number of sulfonamides is 1. The molecule has 0 spiro atoms. The third-order valence-corrected chi connectivity index (χ3v) is 4.70. The summed E-state index contributed by atoms with van der Waals surface area (Å²) in [5, 5.41) is 8.67. The van der Waals surface area contributed by atoms with E-state index in [-0.39, 0.29) is 22.9 Å². The molecule has 0 saturated carbocycles. The average Bonchev–Trinajstić information content (AvgIpc) is 2.56. The third kappa shape index (κ3) is 5.47. The van der Waals surface area contributed by atoms with Gasteiger partial charge in [-0.15, -0.1) is 0 Å². The second-order valence-electron chi connectivity index (χ2n) is 5.13. The number of ether oxygens (including phenoxy) is 1. The van der Waals surface area contributed by atoms with E-state index in [4.69, 9.17) is 33.1 Å². The molecule has 0 atom stereocenters. The highest BCUT2D eigenvalue weighted by molar-refractivity contribution is 7.89. The smallest absolute Gasteiger partial charge is 0.248 e. The SMILES string of the molecule is CCOc1ccc(NC(=O)/C=C/c2cc(Cl)ccc2Cl)cc1S(N)(=O)=O. The molecule has 0 aliphatic heterocycles. The first kappa shape index (κ1) is 20.3. The number of nitrogens with one attached hydrogen (secondary N) is 1. The number of primary sulfonamides is 1. The number of halogens is 2. The van der Waals surface area contributed by atoms with E-state index in [1.807, 2.05) is 0 Å². The lowest BCUT2D eigenvalue weighted by Gasteiger charge is -2.10. The molecular formula is C17H16Cl2N2O4S. The maximum atomic E-state index is 12.1. The van der Waals surface area contributed by atoms with Crippen molar-refractivity contribution in [1.29, 1.82) is 0 Å². The van der Waals surface area contributed by atoms with Crippen LogP contribution in [-0.4, -0.2) is 20.9 Å². The number of anilines is 1. The predicted molar refractivity (Wildman–Crippen MR) is 103 cm³/mol. The number of carbonyl (C=O) groups excluding carboxylic acids is 1. The molecule has 2 aromatic rings. The Hall–Kier alpha value is -2.06. The summed E-state index contributed by atoms with van der Waals surface area (Å²) in [6.07, 6.45) is 2.75. The van der Waals surface area contributed by atoms with Crippen LogP contribution < -0.4 is 15.2 Å². The Balaban J connectivity index is 2.21. The Kier molecular flexibility index (Phi) is 6.66. The van der Waals surface area contributed by atoms with Gasteiger partial charge >= 0.3 is 0 Å². The number of amides is 1. The molecule has 0 heterocycles. The first-order valence-corrected chi connectivity index (χ1v) is 9.74. The molecule has 6 nitrogen and oxygen atoms in total. The molecule has 26 heavy (non-hydrogen) atoms. The number of hydrogen-bond acceptors (Lipinski definition) is 4. The van der Waals surface area contributed by atoms with Gasteiger partial charge in [-0.05, 0) is 55.0 Å². The highest BCUT2D eigenvalue weighted by Gasteiger charge is 2.16. The van der Waals surface area contributed by atoms with Crippen LogP contribution >= 0.6 is 23.2 Å². The van der Waals surface area contributed by atoms with Gasteiger partial charge in [0.2, 0.25) is 15.9 Å². The van der Waals surface area contributed by atoms with Crippen molar-refractivity contribution in [2.75, 3.05) is 11.9 Å². The maximum Gasteiger partial charge on any atom is 0.248 e. The van der Waals surface area contributed by atoms with Crippen LogP contribution in [0.3, 0.4) is 0 Å². The van der Waals surface area contributed by atoms with Crippen molar-refractivity contribution in [3.63, 3.8) is 0 Å². The van der Waals surface area contributed by atoms with Crippen molar-refractivity contribution < 1.29 is 17.9 Å². The van der Waals surface area contributed by atoms with Gasteiger partial charge in [0.25, 0.3) is 0 Å². The van der Waals surface area contributed by atoms with Crippen LogP contribution in [0.2, 0.25) is 10.0 Å². The fourth-order valence-corrected chi connectivity index (χ4v) is 3.13. The fourth-order valence-electron chi connectivity index (χ4n) is 2.07. The Morgan fingerprint density at radius 3 is 2.62 bits per heavy atom. The molecular weight excluding hydrogens is 399 g/mol. The summed E-state index contributed by atoms with van der Waals surface area (Å²) in [5.74, 6) is -0.361. The quantitative estimate of drug-likeness (QED) is 0.703. The zero-order valence-electron chi connectivity index (χ0n) is 13.7. The van der Waals surface area contributed by atoms with Crippen molar-refractivity contribution in [3.8, 4) is 5.75 Å². The van der Waals surface area contributed by atoms with Gasteiger partial charge in [0.05, 0.1) is 6.61 Å². The number of hydrogen-bond donors (Lipinski definition) is 2. The van der Waals surface area contributed by atoms with Crippen molar-refractivity contribution >= 4 is 50.9 Å². The Morgan fingerprint density at radius 1 is 1.23 bits per heavy atom. The second kappa shape index (κ2) is 8.55. The van der Waals surface area contributed by atoms with E-state index in [1.165, 1.54) is 30.4 Å². The minimum absolute atomic E-state index is 0.120. The highest BCUT2D eigenvalue weighted by Crippen LogP contribution is 2.27. The third-order valence-electron chi connectivity index (χ3n) is 3.19. The van der Waals surface area contributed by atoms with Gasteiger partial charge in [-0.3, -0.25) is 4.79 Å². The van der Waals surface area contributed by atoms with Gasteiger partial charge in [0, 0.05) is 21.8 Å². The summed E-state index contributed by atoms with van der Waals surface area (Å²) in [4.78, 5) is 11.9. The molecule has 0 fully saturated rings. The van der Waals surface area contributed by atoms with Gasteiger partial charge in [0.15, 0.2) is 0 Å². The molecule has 2 aromatic carbocycles. The van der Waals surface area contributed by atoms with Gasteiger partial charge in [-0.1, -0.05) is 23.2 Å². The zero-order chi connectivity index (χ0) is 19.3. The van der Waals surface area contributed by atoms with E-state index in [9.17, 15) is 13.2 Å². The van der Waals surface area contributed by atoms with Gasteiger partial charge < -0.3 is 10.1 Å². The summed E-state index contributed by atoms with van der Waals surface area (Å²) in [7, 11) is -4.01. The molecule has 9 heteroatoms. The van der Waals surface area contributed by atoms with Crippen LogP contribution in [0, 0.1) is 0 Å². The van der Waals surface area contributed by atoms with Gasteiger partial charge in [0.1, 0.15) is 10.6 Å². The van der Waals surface area contributed by atoms with E-state index >= 15 is 0 Å². The average molecular weight is 415 g/mol. The first-order valence-electron chi connectivity index (χ1n) is 7.44. The summed E-state index contributed by atoms with van der Waals surface area (Å²) in [5.41, 5.74) is 0.829. The minimum atomic E-state index is -4.01. The number of nitrogens with two attached hydrogens (primary N) is 1. The Bertz CT molecular complexity index is 959. The summed E-state index contributed by atoms with van der Waals surface area (Å²) in [6, 6.07) is 9.04. The molecule has 0 saturated heterocycles. The highest BCUT2D eigenvalue weighted by atomic mass is 35.5. The molecule has 1 amide bonds. The fraction of sp³-hybridized carbons (Fsp3) is 0.118. The summed E-state index contributed by atoms with van der Waals surface area (Å²) >= 11 is 11.9.